The van der Waals surface area contributed by atoms with E-state index in [2.05, 4.69) is 17.6 Å². The van der Waals surface area contributed by atoms with Gasteiger partial charge in [0.2, 0.25) is 0 Å². The van der Waals surface area contributed by atoms with Crippen LogP contribution in [0.2, 0.25) is 0 Å². The lowest BCUT2D eigenvalue weighted by Gasteiger charge is -2.24. The molecule has 2 aromatic rings. The van der Waals surface area contributed by atoms with Crippen molar-refractivity contribution in [3.05, 3.63) is 63.6 Å². The molecule has 4 heteroatoms. The van der Waals surface area contributed by atoms with Crippen LogP contribution in [0, 0.1) is 6.92 Å². The molecule has 1 amide bonds. The van der Waals surface area contributed by atoms with Crippen LogP contribution in [-0.2, 0) is 0 Å². The number of carbonyl (C=O) groups is 1. The fraction of sp³-hybridized carbons (Fsp3) is 0.429. The van der Waals surface area contributed by atoms with E-state index in [9.17, 15) is 9.59 Å². The zero-order valence-corrected chi connectivity index (χ0v) is 14.9. The molecule has 0 bridgehead atoms. The molecule has 0 saturated heterocycles. The highest BCUT2D eigenvalue weighted by molar-refractivity contribution is 6.06. The molecule has 0 spiro atoms. The zero-order chi connectivity index (χ0) is 17.6. The van der Waals surface area contributed by atoms with Gasteiger partial charge >= 0.3 is 0 Å². The highest BCUT2D eigenvalue weighted by Gasteiger charge is 2.29. The Bertz CT molecular complexity index is 880. The first-order chi connectivity index (χ1) is 12.1. The SMILES string of the molecule is Cc1cc(=O)c(C(=O)N2CCCC(C)c3ccccc32)cn1C1CC1. The summed E-state index contributed by atoms with van der Waals surface area (Å²) in [6.45, 7) is 4.81. The van der Waals surface area contributed by atoms with E-state index in [-0.39, 0.29) is 11.3 Å². The number of rotatable bonds is 2. The normalized spacial score (nSPS) is 20.1. The quantitative estimate of drug-likeness (QED) is 0.831. The number of fused-ring (bicyclic) bond motifs is 1. The number of anilines is 1. The summed E-state index contributed by atoms with van der Waals surface area (Å²) in [6.07, 6.45) is 6.04. The van der Waals surface area contributed by atoms with E-state index in [1.807, 2.05) is 30.0 Å². The molecule has 1 aromatic heterocycles. The van der Waals surface area contributed by atoms with E-state index in [1.54, 1.807) is 12.3 Å². The Morgan fingerprint density at radius 2 is 1.92 bits per heavy atom. The smallest absolute Gasteiger partial charge is 0.263 e. The highest BCUT2D eigenvalue weighted by Crippen LogP contribution is 2.36. The number of hydrogen-bond donors (Lipinski definition) is 0. The van der Waals surface area contributed by atoms with Gasteiger partial charge in [0.05, 0.1) is 0 Å². The van der Waals surface area contributed by atoms with Crippen molar-refractivity contribution in [1.82, 2.24) is 4.57 Å². The fourth-order valence-corrected chi connectivity index (χ4v) is 3.89. The summed E-state index contributed by atoms with van der Waals surface area (Å²) >= 11 is 0. The summed E-state index contributed by atoms with van der Waals surface area (Å²) in [5.41, 5.74) is 3.21. The first kappa shape index (κ1) is 16.1. The molecular weight excluding hydrogens is 312 g/mol. The van der Waals surface area contributed by atoms with Crippen LogP contribution in [0.1, 0.15) is 66.2 Å². The summed E-state index contributed by atoms with van der Waals surface area (Å²) in [5.74, 6) is 0.260. The van der Waals surface area contributed by atoms with Crippen LogP contribution in [0.15, 0.2) is 41.3 Å². The Labute approximate surface area is 148 Å². The molecule has 1 unspecified atom stereocenters. The largest absolute Gasteiger partial charge is 0.348 e. The van der Waals surface area contributed by atoms with Crippen molar-refractivity contribution < 1.29 is 4.79 Å². The van der Waals surface area contributed by atoms with Crippen LogP contribution < -0.4 is 10.3 Å². The van der Waals surface area contributed by atoms with Gasteiger partial charge in [0.15, 0.2) is 5.43 Å². The second-order valence-corrected chi connectivity index (χ2v) is 7.39. The van der Waals surface area contributed by atoms with Crippen molar-refractivity contribution in [3.8, 4) is 0 Å². The van der Waals surface area contributed by atoms with Gasteiger partial charge < -0.3 is 9.47 Å². The fourth-order valence-electron chi connectivity index (χ4n) is 3.89. The Kier molecular flexibility index (Phi) is 3.98. The van der Waals surface area contributed by atoms with E-state index in [0.717, 1.165) is 37.1 Å². The van der Waals surface area contributed by atoms with Gasteiger partial charge in [0, 0.05) is 36.2 Å². The number of carbonyl (C=O) groups excluding carboxylic acids is 1. The number of para-hydroxylation sites is 1. The lowest BCUT2D eigenvalue weighted by molar-refractivity contribution is 0.0985. The van der Waals surface area contributed by atoms with Crippen molar-refractivity contribution in [2.24, 2.45) is 0 Å². The molecule has 4 nitrogen and oxygen atoms in total. The third kappa shape index (κ3) is 2.90. The number of aromatic nitrogens is 1. The average molecular weight is 336 g/mol. The van der Waals surface area contributed by atoms with Gasteiger partial charge in [0.25, 0.3) is 5.91 Å². The second-order valence-electron chi connectivity index (χ2n) is 7.39. The molecule has 2 aliphatic rings. The summed E-state index contributed by atoms with van der Waals surface area (Å²) < 4.78 is 2.10. The average Bonchev–Trinajstić information content (AvgIpc) is 3.43. The maximum absolute atomic E-state index is 13.3. The number of hydrogen-bond acceptors (Lipinski definition) is 2. The Hall–Kier alpha value is -2.36. The number of nitrogens with zero attached hydrogens (tertiary/aromatic N) is 2. The predicted octanol–water partition coefficient (Wildman–Crippen LogP) is 4.04. The van der Waals surface area contributed by atoms with Gasteiger partial charge in [-0.25, -0.2) is 0 Å². The van der Waals surface area contributed by atoms with E-state index < -0.39 is 0 Å². The molecule has 1 atom stereocenters. The summed E-state index contributed by atoms with van der Waals surface area (Å²) in [7, 11) is 0. The van der Waals surface area contributed by atoms with Crippen molar-refractivity contribution >= 4 is 11.6 Å². The molecule has 1 aliphatic carbocycles. The van der Waals surface area contributed by atoms with Crippen molar-refractivity contribution in [1.29, 1.82) is 0 Å². The Balaban J connectivity index is 1.77. The van der Waals surface area contributed by atoms with Gasteiger partial charge in [-0.3, -0.25) is 9.59 Å². The Morgan fingerprint density at radius 1 is 1.16 bits per heavy atom. The molecule has 0 N–H and O–H groups in total. The maximum atomic E-state index is 13.3. The van der Waals surface area contributed by atoms with E-state index in [1.165, 1.54) is 5.56 Å². The number of amides is 1. The van der Waals surface area contributed by atoms with Crippen LogP contribution in [-0.4, -0.2) is 17.0 Å². The second kappa shape index (κ2) is 6.17. The van der Waals surface area contributed by atoms with Gasteiger partial charge in [-0.05, 0) is 50.2 Å². The Morgan fingerprint density at radius 3 is 2.68 bits per heavy atom. The molecule has 1 fully saturated rings. The van der Waals surface area contributed by atoms with Crippen LogP contribution >= 0.6 is 0 Å². The molecule has 2 heterocycles. The topological polar surface area (TPSA) is 42.3 Å². The third-order valence-corrected chi connectivity index (χ3v) is 5.47. The zero-order valence-electron chi connectivity index (χ0n) is 14.9. The van der Waals surface area contributed by atoms with Crippen LogP contribution in [0.25, 0.3) is 0 Å². The van der Waals surface area contributed by atoms with Gasteiger partial charge in [0.1, 0.15) is 5.56 Å². The number of aryl methyl sites for hydroxylation is 1. The van der Waals surface area contributed by atoms with Gasteiger partial charge in [-0.15, -0.1) is 0 Å². The summed E-state index contributed by atoms with van der Waals surface area (Å²) in [5, 5.41) is 0. The minimum atomic E-state index is -0.172. The monoisotopic (exact) mass is 336 g/mol. The predicted molar refractivity (Wildman–Crippen MR) is 99.5 cm³/mol. The molecule has 1 aliphatic heterocycles. The van der Waals surface area contributed by atoms with E-state index in [4.69, 9.17) is 0 Å². The lowest BCUT2D eigenvalue weighted by Crippen LogP contribution is -2.35. The van der Waals surface area contributed by atoms with Gasteiger partial charge in [-0.1, -0.05) is 25.1 Å². The van der Waals surface area contributed by atoms with Crippen molar-refractivity contribution in [2.45, 2.75) is 51.5 Å². The molecule has 0 radical (unpaired) electrons. The van der Waals surface area contributed by atoms with E-state index in [0.29, 0.717) is 24.1 Å². The minimum absolute atomic E-state index is 0.166. The summed E-state index contributed by atoms with van der Waals surface area (Å²) in [6, 6.07) is 10.1. The summed E-state index contributed by atoms with van der Waals surface area (Å²) in [4.78, 5) is 27.6. The molecule has 130 valence electrons. The molecular formula is C21H24N2O2. The van der Waals surface area contributed by atoms with Crippen LogP contribution in [0.4, 0.5) is 5.69 Å². The molecule has 1 saturated carbocycles. The van der Waals surface area contributed by atoms with Crippen LogP contribution in [0.5, 0.6) is 0 Å². The molecule has 25 heavy (non-hydrogen) atoms. The minimum Gasteiger partial charge on any atom is -0.348 e. The van der Waals surface area contributed by atoms with E-state index >= 15 is 0 Å². The first-order valence-electron chi connectivity index (χ1n) is 9.20. The van der Waals surface area contributed by atoms with Crippen LogP contribution in [0.3, 0.4) is 0 Å². The van der Waals surface area contributed by atoms with Crippen molar-refractivity contribution in [3.63, 3.8) is 0 Å². The highest BCUT2D eigenvalue weighted by atomic mass is 16.2. The maximum Gasteiger partial charge on any atom is 0.263 e. The number of benzene rings is 1. The standard InChI is InChI=1S/C21H24N2O2/c1-14-6-5-11-22(19-8-4-3-7-17(14)19)21(25)18-13-23(16-9-10-16)15(2)12-20(18)24/h3-4,7-8,12-14,16H,5-6,9-11H2,1-2H3. The number of pyridine rings is 1. The molecule has 1 aromatic carbocycles. The third-order valence-electron chi connectivity index (χ3n) is 5.47. The molecule has 4 rings (SSSR count). The lowest BCUT2D eigenvalue weighted by atomic mass is 9.96. The van der Waals surface area contributed by atoms with Gasteiger partial charge in [-0.2, -0.15) is 0 Å². The first-order valence-corrected chi connectivity index (χ1v) is 9.20. The van der Waals surface area contributed by atoms with Crippen molar-refractivity contribution in [2.75, 3.05) is 11.4 Å².